The third-order valence-electron chi connectivity index (χ3n) is 4.15. The average Bonchev–Trinajstić information content (AvgIpc) is 2.65. The molecule has 2 aromatic rings. The van der Waals surface area contributed by atoms with Crippen LogP contribution in [0, 0.1) is 0 Å². The van der Waals surface area contributed by atoms with E-state index in [-0.39, 0.29) is 33.4 Å². The number of likely N-dealkylation sites (N-methyl/N-ethyl adjacent to an activating group) is 1. The Morgan fingerprint density at radius 3 is 2.23 bits per heavy atom. The molecule has 7 nitrogen and oxygen atoms in total. The Morgan fingerprint density at radius 1 is 1.08 bits per heavy atom. The van der Waals surface area contributed by atoms with Crippen molar-refractivity contribution in [2.24, 2.45) is 0 Å². The molecule has 1 aliphatic heterocycles. The van der Waals surface area contributed by atoms with Gasteiger partial charge in [-0.25, -0.2) is 8.42 Å². The molecule has 0 fully saturated rings. The van der Waals surface area contributed by atoms with E-state index in [0.717, 1.165) is 4.31 Å². The molecule has 0 atom stereocenters. The molecule has 2 aromatic carbocycles. The molecule has 1 aliphatic rings. The number of benzene rings is 2. The van der Waals surface area contributed by atoms with Gasteiger partial charge >= 0.3 is 0 Å². The summed E-state index contributed by atoms with van der Waals surface area (Å²) in [6, 6.07) is 9.04. The van der Waals surface area contributed by atoms with Crippen molar-refractivity contribution in [2.45, 2.75) is 4.90 Å². The number of aromatic hydroxyl groups is 1. The number of phenols is 1. The second-order valence-electron chi connectivity index (χ2n) is 5.60. The minimum absolute atomic E-state index is 0.0153. The van der Waals surface area contributed by atoms with Crippen LogP contribution in [0.1, 0.15) is 15.9 Å². The molecule has 1 heterocycles. The van der Waals surface area contributed by atoms with E-state index in [0.29, 0.717) is 5.56 Å². The minimum Gasteiger partial charge on any atom is -0.502 e. The molecule has 0 unspecified atom stereocenters. The quantitative estimate of drug-likeness (QED) is 0.828. The largest absolute Gasteiger partial charge is 0.502 e. The highest BCUT2D eigenvalue weighted by Crippen LogP contribution is 2.39. The lowest BCUT2D eigenvalue weighted by molar-refractivity contribution is 0.101. The molecule has 0 bridgehead atoms. The number of carbonyl (C=O) groups excluding carboxylic acids is 1. The summed E-state index contributed by atoms with van der Waals surface area (Å²) >= 11 is 0. The van der Waals surface area contributed by atoms with Gasteiger partial charge in [0, 0.05) is 12.6 Å². The highest BCUT2D eigenvalue weighted by atomic mass is 32.2. The maximum Gasteiger partial charge on any atom is 0.264 e. The van der Waals surface area contributed by atoms with Gasteiger partial charge in [-0.1, -0.05) is 12.1 Å². The number of sulfonamides is 1. The van der Waals surface area contributed by atoms with Crippen LogP contribution in [0.5, 0.6) is 17.2 Å². The Morgan fingerprint density at radius 2 is 1.65 bits per heavy atom. The first-order valence-corrected chi connectivity index (χ1v) is 9.04. The fraction of sp³-hybridized carbons (Fsp3) is 0.167. The predicted octanol–water partition coefficient (Wildman–Crippen LogP) is 2.27. The van der Waals surface area contributed by atoms with E-state index in [4.69, 9.17) is 9.47 Å². The molecule has 0 amide bonds. The van der Waals surface area contributed by atoms with Crippen molar-refractivity contribution in [3.8, 4) is 17.2 Å². The summed E-state index contributed by atoms with van der Waals surface area (Å²) in [7, 11) is 0.251. The fourth-order valence-electron chi connectivity index (χ4n) is 2.75. The molecule has 136 valence electrons. The van der Waals surface area contributed by atoms with E-state index in [9.17, 15) is 18.3 Å². The number of carbonyl (C=O) groups is 1. The van der Waals surface area contributed by atoms with E-state index < -0.39 is 15.8 Å². The van der Waals surface area contributed by atoms with Gasteiger partial charge in [0.1, 0.15) is 5.70 Å². The molecule has 26 heavy (non-hydrogen) atoms. The fourth-order valence-corrected chi connectivity index (χ4v) is 4.13. The Kier molecular flexibility index (Phi) is 4.37. The van der Waals surface area contributed by atoms with Gasteiger partial charge in [0.25, 0.3) is 10.0 Å². The maximum atomic E-state index is 12.8. The highest BCUT2D eigenvalue weighted by Gasteiger charge is 2.36. The number of ether oxygens (including phenoxy) is 2. The molecule has 0 spiro atoms. The molecule has 0 radical (unpaired) electrons. The van der Waals surface area contributed by atoms with E-state index in [1.807, 2.05) is 0 Å². The number of methoxy groups -OCH3 is 2. The van der Waals surface area contributed by atoms with Crippen molar-refractivity contribution in [1.29, 1.82) is 0 Å². The van der Waals surface area contributed by atoms with Gasteiger partial charge < -0.3 is 14.6 Å². The number of hydrogen-bond donors (Lipinski definition) is 1. The zero-order valence-corrected chi connectivity index (χ0v) is 15.2. The van der Waals surface area contributed by atoms with Gasteiger partial charge in [-0.05, 0) is 35.9 Å². The number of nitrogens with zero attached hydrogens (tertiary/aromatic N) is 1. The standard InChI is InChI=1S/C18H17NO6S/c1-19-13(8-11-9-14(24-2)18(21)15(10-11)25-3)17(20)12-6-4-5-7-16(12)26(19,22)23/h4-10,21H,1-3H3/b13-8-. The Balaban J connectivity index is 2.20. The Hall–Kier alpha value is -3.00. The Labute approximate surface area is 151 Å². The smallest absolute Gasteiger partial charge is 0.264 e. The van der Waals surface area contributed by atoms with Crippen molar-refractivity contribution in [3.63, 3.8) is 0 Å². The first-order chi connectivity index (χ1) is 12.3. The number of Topliss-reactive ketones (excluding diaryl/α,β-unsaturated/α-hetero) is 1. The number of rotatable bonds is 3. The molecular weight excluding hydrogens is 358 g/mol. The average molecular weight is 375 g/mol. The van der Waals surface area contributed by atoms with Crippen LogP contribution in [0.3, 0.4) is 0 Å². The van der Waals surface area contributed by atoms with Gasteiger partial charge in [0.2, 0.25) is 11.5 Å². The highest BCUT2D eigenvalue weighted by molar-refractivity contribution is 7.89. The predicted molar refractivity (Wildman–Crippen MR) is 94.9 cm³/mol. The summed E-state index contributed by atoms with van der Waals surface area (Å²) in [5.74, 6) is -0.307. The second-order valence-corrected chi connectivity index (χ2v) is 7.54. The van der Waals surface area contributed by atoms with E-state index in [1.165, 1.54) is 51.6 Å². The van der Waals surface area contributed by atoms with Gasteiger partial charge in [0.15, 0.2) is 11.5 Å². The van der Waals surface area contributed by atoms with Crippen molar-refractivity contribution in [1.82, 2.24) is 4.31 Å². The number of allylic oxidation sites excluding steroid dienone is 1. The summed E-state index contributed by atoms with van der Waals surface area (Å²) in [5.41, 5.74) is 0.550. The summed E-state index contributed by atoms with van der Waals surface area (Å²) in [4.78, 5) is 12.8. The zero-order valence-electron chi connectivity index (χ0n) is 14.4. The first-order valence-electron chi connectivity index (χ1n) is 7.60. The van der Waals surface area contributed by atoms with Gasteiger partial charge in [0.05, 0.1) is 19.1 Å². The summed E-state index contributed by atoms with van der Waals surface area (Å²) in [6.45, 7) is 0. The third-order valence-corrected chi connectivity index (χ3v) is 5.98. The molecule has 1 N–H and O–H groups in total. The van der Waals surface area contributed by atoms with Gasteiger partial charge in [-0.2, -0.15) is 0 Å². The zero-order chi connectivity index (χ0) is 19.1. The van der Waals surface area contributed by atoms with Crippen LogP contribution in [0.25, 0.3) is 6.08 Å². The lowest BCUT2D eigenvalue weighted by atomic mass is 10.0. The molecule has 0 saturated carbocycles. The van der Waals surface area contributed by atoms with Crippen molar-refractivity contribution < 1.29 is 27.8 Å². The molecule has 8 heteroatoms. The normalized spacial score (nSPS) is 17.1. The lowest BCUT2D eigenvalue weighted by Gasteiger charge is -2.28. The Bertz CT molecular complexity index is 1000. The van der Waals surface area contributed by atoms with Crippen molar-refractivity contribution >= 4 is 21.9 Å². The third kappa shape index (κ3) is 2.68. The van der Waals surface area contributed by atoms with Crippen LogP contribution in [0.15, 0.2) is 47.0 Å². The van der Waals surface area contributed by atoms with E-state index in [2.05, 4.69) is 0 Å². The number of hydrogen-bond acceptors (Lipinski definition) is 6. The monoisotopic (exact) mass is 375 g/mol. The number of fused-ring (bicyclic) bond motifs is 1. The van der Waals surface area contributed by atoms with Crippen LogP contribution >= 0.6 is 0 Å². The summed E-state index contributed by atoms with van der Waals surface area (Å²) in [5, 5.41) is 9.99. The van der Waals surface area contributed by atoms with Gasteiger partial charge in [-0.3, -0.25) is 9.10 Å². The summed E-state index contributed by atoms with van der Waals surface area (Å²) < 4.78 is 36.5. The van der Waals surface area contributed by atoms with E-state index >= 15 is 0 Å². The number of ketones is 1. The van der Waals surface area contributed by atoms with Crippen LogP contribution in [0.4, 0.5) is 0 Å². The van der Waals surface area contributed by atoms with Crippen molar-refractivity contribution in [2.75, 3.05) is 21.3 Å². The molecule has 0 aliphatic carbocycles. The van der Waals surface area contributed by atoms with Gasteiger partial charge in [-0.15, -0.1) is 0 Å². The van der Waals surface area contributed by atoms with Crippen LogP contribution in [0.2, 0.25) is 0 Å². The van der Waals surface area contributed by atoms with Crippen molar-refractivity contribution in [3.05, 3.63) is 53.2 Å². The number of phenolic OH excluding ortho intramolecular Hbond substituents is 1. The molecule has 0 saturated heterocycles. The summed E-state index contributed by atoms with van der Waals surface area (Å²) in [6.07, 6.45) is 1.42. The lowest BCUT2D eigenvalue weighted by Crippen LogP contribution is -2.36. The topological polar surface area (TPSA) is 93.1 Å². The van der Waals surface area contributed by atoms with Crippen LogP contribution in [-0.2, 0) is 10.0 Å². The first kappa shape index (κ1) is 17.8. The minimum atomic E-state index is -3.83. The van der Waals surface area contributed by atoms with Crippen LogP contribution < -0.4 is 9.47 Å². The van der Waals surface area contributed by atoms with E-state index in [1.54, 1.807) is 12.1 Å². The molecular formula is C18H17NO6S. The van der Waals surface area contributed by atoms with Crippen LogP contribution in [-0.4, -0.2) is 44.9 Å². The molecule has 3 rings (SSSR count). The maximum absolute atomic E-state index is 12.8. The molecule has 0 aromatic heterocycles. The SMILES string of the molecule is COc1cc(/C=C2/C(=O)c3ccccc3S(=O)(=O)N2C)cc(OC)c1O. The second kappa shape index (κ2) is 6.38.